The van der Waals surface area contributed by atoms with Crippen LogP contribution in [0, 0.1) is 3.57 Å². The molecule has 0 amide bonds. The Labute approximate surface area is 104 Å². The van der Waals surface area contributed by atoms with Crippen molar-refractivity contribution in [3.05, 3.63) is 26.1 Å². The summed E-state index contributed by atoms with van der Waals surface area (Å²) in [6.45, 7) is 0. The average Bonchev–Trinajstić information content (AvgIpc) is 2.54. The molecule has 0 N–H and O–H groups in total. The first-order valence-electron chi connectivity index (χ1n) is 3.63. The second-order valence-electron chi connectivity index (χ2n) is 2.54. The molecular weight excluding hydrogens is 335 g/mol. The monoisotopic (exact) mass is 340 g/mol. The van der Waals surface area contributed by atoms with E-state index >= 15 is 0 Å². The Balaban J connectivity index is 2.87. The van der Waals surface area contributed by atoms with Crippen LogP contribution in [0.25, 0.3) is 10.1 Å². The van der Waals surface area contributed by atoms with Crippen molar-refractivity contribution >= 4 is 67.4 Å². The van der Waals surface area contributed by atoms with E-state index in [0.29, 0.717) is 0 Å². The van der Waals surface area contributed by atoms with Gasteiger partial charge in [0.2, 0.25) is 0 Å². The van der Waals surface area contributed by atoms with Crippen LogP contribution >= 0.6 is 57.3 Å². The summed E-state index contributed by atoms with van der Waals surface area (Å²) >= 11 is 12.0. The van der Waals surface area contributed by atoms with Crippen LogP contribution in [-0.4, -0.2) is 6.26 Å². The minimum atomic E-state index is 0.888. The summed E-state index contributed by atoms with van der Waals surface area (Å²) in [6.07, 6.45) is 2.06. The topological polar surface area (TPSA) is 0 Å². The number of halogens is 2. The molecule has 0 fully saturated rings. The molecule has 0 nitrogen and oxygen atoms in total. The number of hydrogen-bond acceptors (Lipinski definition) is 2. The van der Waals surface area contributed by atoms with Gasteiger partial charge in [0.1, 0.15) is 0 Å². The van der Waals surface area contributed by atoms with Crippen LogP contribution in [-0.2, 0) is 0 Å². The zero-order valence-electron chi connectivity index (χ0n) is 6.80. The zero-order valence-corrected chi connectivity index (χ0v) is 11.4. The van der Waals surface area contributed by atoms with Gasteiger partial charge in [-0.25, -0.2) is 0 Å². The molecule has 68 valence electrons. The van der Waals surface area contributed by atoms with E-state index < -0.39 is 0 Å². The van der Waals surface area contributed by atoms with Crippen molar-refractivity contribution in [3.63, 3.8) is 0 Å². The van der Waals surface area contributed by atoms with Crippen LogP contribution in [0.4, 0.5) is 0 Å². The number of thioether (sulfide) groups is 1. The van der Waals surface area contributed by atoms with Gasteiger partial charge >= 0.3 is 0 Å². The number of thiophene rings is 1. The van der Waals surface area contributed by atoms with Crippen molar-refractivity contribution in [2.24, 2.45) is 0 Å². The smallest absolute Gasteiger partial charge is 0.0682 e. The summed E-state index contributed by atoms with van der Waals surface area (Å²) in [7, 11) is 0. The lowest BCUT2D eigenvalue weighted by Crippen LogP contribution is -1.79. The maximum Gasteiger partial charge on any atom is 0.0682 e. The van der Waals surface area contributed by atoms with E-state index in [4.69, 9.17) is 11.6 Å². The summed E-state index contributed by atoms with van der Waals surface area (Å²) in [5, 5.41) is 4.28. The number of fused-ring (bicyclic) bond motifs is 1. The normalized spacial score (nSPS) is 11.0. The fourth-order valence-corrected chi connectivity index (χ4v) is 4.17. The predicted octanol–water partition coefficient (Wildman–Crippen LogP) is 4.88. The van der Waals surface area contributed by atoms with E-state index in [0.717, 1.165) is 8.59 Å². The van der Waals surface area contributed by atoms with Crippen LogP contribution in [0.5, 0.6) is 0 Å². The summed E-state index contributed by atoms with van der Waals surface area (Å²) in [4.78, 5) is 1.20. The van der Waals surface area contributed by atoms with Crippen LogP contribution in [0.15, 0.2) is 22.4 Å². The largest absolute Gasteiger partial charge is 0.144 e. The molecule has 13 heavy (non-hydrogen) atoms. The highest BCUT2D eigenvalue weighted by Crippen LogP contribution is 2.38. The average molecular weight is 341 g/mol. The quantitative estimate of drug-likeness (QED) is 0.526. The van der Waals surface area contributed by atoms with E-state index in [-0.39, 0.29) is 0 Å². The van der Waals surface area contributed by atoms with E-state index in [1.807, 2.05) is 0 Å². The summed E-state index contributed by atoms with van der Waals surface area (Å²) in [6, 6.07) is 4.27. The van der Waals surface area contributed by atoms with E-state index in [2.05, 4.69) is 46.4 Å². The number of rotatable bonds is 1. The molecule has 1 aromatic heterocycles. The van der Waals surface area contributed by atoms with Crippen LogP contribution in [0.3, 0.4) is 0 Å². The van der Waals surface area contributed by atoms with Crippen molar-refractivity contribution in [2.75, 3.05) is 6.26 Å². The SMILES string of the molecule is CSc1c(Cl)c(I)cc2sccc12. The molecule has 0 atom stereocenters. The van der Waals surface area contributed by atoms with Crippen molar-refractivity contribution in [1.82, 2.24) is 0 Å². The van der Waals surface area contributed by atoms with Crippen molar-refractivity contribution in [2.45, 2.75) is 4.90 Å². The van der Waals surface area contributed by atoms with Gasteiger partial charge in [0, 0.05) is 18.6 Å². The number of benzene rings is 1. The Morgan fingerprint density at radius 3 is 3.00 bits per heavy atom. The third-order valence-electron chi connectivity index (χ3n) is 1.81. The van der Waals surface area contributed by atoms with Gasteiger partial charge in [-0.05, 0) is 46.4 Å². The third-order valence-corrected chi connectivity index (χ3v) is 5.18. The summed E-state index contributed by atoms with van der Waals surface area (Å²) in [5.74, 6) is 0. The molecule has 1 aromatic carbocycles. The molecular formula is C9H6ClIS2. The molecule has 0 aliphatic rings. The highest BCUT2D eigenvalue weighted by molar-refractivity contribution is 14.1. The lowest BCUT2D eigenvalue weighted by molar-refractivity contribution is 1.54. The van der Waals surface area contributed by atoms with Crippen molar-refractivity contribution < 1.29 is 0 Å². The molecule has 0 aliphatic heterocycles. The summed E-state index contributed by atoms with van der Waals surface area (Å²) < 4.78 is 2.46. The van der Waals surface area contributed by atoms with Gasteiger partial charge in [0.15, 0.2) is 0 Å². The molecule has 2 aromatic rings. The van der Waals surface area contributed by atoms with Crippen LogP contribution in [0.2, 0.25) is 5.02 Å². The van der Waals surface area contributed by atoms with Gasteiger partial charge in [-0.3, -0.25) is 0 Å². The molecule has 1 heterocycles. The van der Waals surface area contributed by atoms with E-state index in [9.17, 15) is 0 Å². The number of hydrogen-bond donors (Lipinski definition) is 0. The molecule has 0 aliphatic carbocycles. The van der Waals surface area contributed by atoms with Gasteiger partial charge in [-0.1, -0.05) is 11.6 Å². The second-order valence-corrected chi connectivity index (χ2v) is 5.84. The molecule has 0 spiro atoms. The maximum absolute atomic E-state index is 6.21. The van der Waals surface area contributed by atoms with Crippen LogP contribution < -0.4 is 0 Å². The first-order chi connectivity index (χ1) is 6.24. The first-order valence-corrected chi connectivity index (χ1v) is 7.19. The van der Waals surface area contributed by atoms with E-state index in [1.54, 1.807) is 23.1 Å². The molecule has 0 saturated heterocycles. The Kier molecular flexibility index (Phi) is 3.07. The molecule has 0 bridgehead atoms. The van der Waals surface area contributed by atoms with Gasteiger partial charge in [-0.15, -0.1) is 23.1 Å². The standard InChI is InChI=1S/C9H6ClIS2/c1-12-9-5-2-3-13-7(5)4-6(11)8(9)10/h2-4H,1H3. The fourth-order valence-electron chi connectivity index (χ4n) is 1.23. The third kappa shape index (κ3) is 1.71. The molecule has 4 heteroatoms. The Bertz CT molecular complexity index is 450. The molecule has 0 saturated carbocycles. The van der Waals surface area contributed by atoms with Gasteiger partial charge in [0.05, 0.1) is 5.02 Å². The molecule has 0 radical (unpaired) electrons. The zero-order chi connectivity index (χ0) is 9.42. The van der Waals surface area contributed by atoms with Crippen molar-refractivity contribution in [3.8, 4) is 0 Å². The lowest BCUT2D eigenvalue weighted by Gasteiger charge is -2.04. The lowest BCUT2D eigenvalue weighted by atomic mass is 10.3. The highest BCUT2D eigenvalue weighted by atomic mass is 127. The van der Waals surface area contributed by atoms with E-state index in [1.165, 1.54) is 15.0 Å². The Morgan fingerprint density at radius 1 is 1.54 bits per heavy atom. The minimum absolute atomic E-state index is 0.888. The predicted molar refractivity (Wildman–Crippen MR) is 71.3 cm³/mol. The second kappa shape index (κ2) is 3.96. The Morgan fingerprint density at radius 2 is 2.31 bits per heavy atom. The van der Waals surface area contributed by atoms with Gasteiger partial charge < -0.3 is 0 Å². The van der Waals surface area contributed by atoms with Gasteiger partial charge in [-0.2, -0.15) is 0 Å². The molecule has 0 unspecified atom stereocenters. The fraction of sp³-hybridized carbons (Fsp3) is 0.111. The Hall–Kier alpha value is 0.550. The highest BCUT2D eigenvalue weighted by Gasteiger charge is 2.09. The van der Waals surface area contributed by atoms with Crippen molar-refractivity contribution in [1.29, 1.82) is 0 Å². The maximum atomic E-state index is 6.21. The molecule has 2 rings (SSSR count). The summed E-state index contributed by atoms with van der Waals surface area (Å²) in [5.41, 5.74) is 0. The first kappa shape index (κ1) is 10.1. The van der Waals surface area contributed by atoms with Crippen LogP contribution in [0.1, 0.15) is 0 Å². The van der Waals surface area contributed by atoms with Gasteiger partial charge in [0.25, 0.3) is 0 Å². The minimum Gasteiger partial charge on any atom is -0.144 e.